The molecule has 0 spiro atoms. The highest BCUT2D eigenvalue weighted by molar-refractivity contribution is 5.35. The maximum atomic E-state index is 14.5. The minimum atomic E-state index is -0.934. The van der Waals surface area contributed by atoms with Crippen LogP contribution < -0.4 is 9.47 Å². The van der Waals surface area contributed by atoms with E-state index in [1.807, 2.05) is 0 Å². The van der Waals surface area contributed by atoms with Gasteiger partial charge in [-0.25, -0.2) is 0 Å². The summed E-state index contributed by atoms with van der Waals surface area (Å²) in [6.07, 6.45) is 20.4. The first-order valence-electron chi connectivity index (χ1n) is 13.6. The third-order valence-electron chi connectivity index (χ3n) is 8.84. The summed E-state index contributed by atoms with van der Waals surface area (Å²) in [6.45, 7) is 0.812. The lowest BCUT2D eigenvalue weighted by Gasteiger charge is -2.35. The van der Waals surface area contributed by atoms with Crippen molar-refractivity contribution in [1.82, 2.24) is 0 Å². The fraction of sp³-hybridized carbons (Fsp3) is 0.724. The van der Waals surface area contributed by atoms with Gasteiger partial charge in [-0.3, -0.25) is 0 Å². The zero-order valence-electron chi connectivity index (χ0n) is 20.0. The van der Waals surface area contributed by atoms with Crippen LogP contribution >= 0.6 is 0 Å². The largest absolute Gasteiger partial charge is 0.490 e. The Kier molecular flexibility index (Phi) is 7.57. The van der Waals surface area contributed by atoms with Crippen LogP contribution in [-0.4, -0.2) is 13.2 Å². The molecule has 2 nitrogen and oxygen atoms in total. The highest BCUT2D eigenvalue weighted by Gasteiger charge is 2.32. The number of ether oxygens (including phenoxy) is 2. The van der Waals surface area contributed by atoms with Crippen LogP contribution in [0.4, 0.5) is 8.78 Å². The minimum absolute atomic E-state index is 0.00155. The number of hydrogen-bond acceptors (Lipinski definition) is 2. The summed E-state index contributed by atoms with van der Waals surface area (Å²) in [5.74, 6) is 2.30. The molecule has 0 aromatic heterocycles. The van der Waals surface area contributed by atoms with E-state index in [9.17, 15) is 8.78 Å². The SMILES string of the molecule is Fc1c(OCC2=CCC(C3CCC(CC4CC4)CC3)CC2)ccc(OCC2CCCC2)c1F. The molecule has 1 unspecified atom stereocenters. The Hall–Kier alpha value is -1.58. The number of benzene rings is 1. The van der Waals surface area contributed by atoms with Gasteiger partial charge in [-0.2, -0.15) is 8.78 Å². The molecule has 3 fully saturated rings. The third kappa shape index (κ3) is 6.11. The molecular formula is C29H40F2O2. The molecule has 0 saturated heterocycles. The molecular weight excluding hydrogens is 418 g/mol. The summed E-state index contributed by atoms with van der Waals surface area (Å²) in [4.78, 5) is 0. The van der Waals surface area contributed by atoms with Crippen molar-refractivity contribution < 1.29 is 18.3 Å². The van der Waals surface area contributed by atoms with Crippen molar-refractivity contribution in [2.24, 2.45) is 29.6 Å². The summed E-state index contributed by atoms with van der Waals surface area (Å²) in [6, 6.07) is 3.02. The zero-order valence-corrected chi connectivity index (χ0v) is 20.0. The van der Waals surface area contributed by atoms with Gasteiger partial charge >= 0.3 is 0 Å². The molecule has 0 N–H and O–H groups in total. The van der Waals surface area contributed by atoms with Gasteiger partial charge in [0.25, 0.3) is 0 Å². The van der Waals surface area contributed by atoms with Crippen LogP contribution in [0.3, 0.4) is 0 Å². The Morgan fingerprint density at radius 1 is 0.697 bits per heavy atom. The quantitative estimate of drug-likeness (QED) is 0.347. The standard InChI is InChI=1S/C29H40F2O2/c30-28-26(32-18-22-3-1-2-4-22)15-16-27(29(28)31)33-19-23-9-13-25(14-10-23)24-11-7-21(8-12-24)17-20-5-6-20/h9,15-16,20-22,24-25H,1-8,10-14,17-19H2. The molecule has 5 rings (SSSR count). The molecule has 182 valence electrons. The maximum absolute atomic E-state index is 14.5. The molecule has 0 radical (unpaired) electrons. The smallest absolute Gasteiger partial charge is 0.204 e. The van der Waals surface area contributed by atoms with Gasteiger partial charge in [0.15, 0.2) is 11.5 Å². The molecule has 4 aliphatic rings. The number of allylic oxidation sites excluding steroid dienone is 1. The van der Waals surface area contributed by atoms with Crippen LogP contribution in [0.5, 0.6) is 11.5 Å². The lowest BCUT2D eigenvalue weighted by Crippen LogP contribution is -2.24. The van der Waals surface area contributed by atoms with Crippen molar-refractivity contribution in [3.05, 3.63) is 35.4 Å². The molecule has 0 bridgehead atoms. The van der Waals surface area contributed by atoms with Crippen LogP contribution in [0, 0.1) is 41.2 Å². The predicted molar refractivity (Wildman–Crippen MR) is 128 cm³/mol. The second-order valence-electron chi connectivity index (χ2n) is 11.3. The lowest BCUT2D eigenvalue weighted by atomic mass is 9.70. The number of rotatable bonds is 9. The molecule has 4 aliphatic carbocycles. The van der Waals surface area contributed by atoms with Gasteiger partial charge < -0.3 is 9.47 Å². The highest BCUT2D eigenvalue weighted by Crippen LogP contribution is 2.44. The first-order valence-corrected chi connectivity index (χ1v) is 13.6. The highest BCUT2D eigenvalue weighted by atomic mass is 19.2. The average Bonchev–Trinajstić information content (AvgIpc) is 3.50. The van der Waals surface area contributed by atoms with Crippen molar-refractivity contribution >= 4 is 0 Å². The summed E-state index contributed by atoms with van der Waals surface area (Å²) in [7, 11) is 0. The predicted octanol–water partition coefficient (Wildman–Crippen LogP) is 8.25. The molecule has 0 amide bonds. The van der Waals surface area contributed by atoms with Crippen molar-refractivity contribution in [3.8, 4) is 11.5 Å². The Morgan fingerprint density at radius 2 is 1.33 bits per heavy atom. The van der Waals surface area contributed by atoms with Crippen LogP contribution in [0.2, 0.25) is 0 Å². The second kappa shape index (κ2) is 10.8. The average molecular weight is 459 g/mol. The monoisotopic (exact) mass is 458 g/mol. The summed E-state index contributed by atoms with van der Waals surface area (Å²) in [5.41, 5.74) is 1.22. The van der Waals surface area contributed by atoms with Crippen LogP contribution in [0.1, 0.15) is 89.9 Å². The lowest BCUT2D eigenvalue weighted by molar-refractivity contribution is 0.182. The van der Waals surface area contributed by atoms with Crippen molar-refractivity contribution in [3.63, 3.8) is 0 Å². The minimum Gasteiger partial charge on any atom is -0.490 e. The summed E-state index contributed by atoms with van der Waals surface area (Å²) in [5, 5.41) is 0. The van der Waals surface area contributed by atoms with E-state index in [0.29, 0.717) is 19.1 Å². The van der Waals surface area contributed by atoms with Gasteiger partial charge in [-0.1, -0.05) is 44.6 Å². The van der Waals surface area contributed by atoms with Crippen molar-refractivity contribution in [2.45, 2.75) is 89.9 Å². The molecule has 1 aromatic rings. The van der Waals surface area contributed by atoms with E-state index in [0.717, 1.165) is 49.4 Å². The van der Waals surface area contributed by atoms with Gasteiger partial charge in [-0.15, -0.1) is 0 Å². The van der Waals surface area contributed by atoms with E-state index in [-0.39, 0.29) is 11.5 Å². The molecule has 1 atom stereocenters. The molecule has 0 heterocycles. The second-order valence-corrected chi connectivity index (χ2v) is 11.3. The van der Waals surface area contributed by atoms with E-state index in [1.165, 1.54) is 81.9 Å². The van der Waals surface area contributed by atoms with E-state index in [1.54, 1.807) is 0 Å². The van der Waals surface area contributed by atoms with Gasteiger partial charge in [0.05, 0.1) is 6.61 Å². The summed E-state index contributed by atoms with van der Waals surface area (Å²) < 4.78 is 40.3. The van der Waals surface area contributed by atoms with Gasteiger partial charge in [0.2, 0.25) is 11.6 Å². The Labute approximate surface area is 198 Å². The third-order valence-corrected chi connectivity index (χ3v) is 8.84. The van der Waals surface area contributed by atoms with Crippen LogP contribution in [-0.2, 0) is 0 Å². The Balaban J connectivity index is 1.07. The fourth-order valence-corrected chi connectivity index (χ4v) is 6.48. The normalized spacial score (nSPS) is 28.5. The Bertz CT molecular complexity index is 817. The molecule has 4 heteroatoms. The number of hydrogen-bond donors (Lipinski definition) is 0. The first kappa shape index (κ1) is 23.2. The molecule has 1 aromatic carbocycles. The fourth-order valence-electron chi connectivity index (χ4n) is 6.48. The van der Waals surface area contributed by atoms with E-state index in [2.05, 4.69) is 6.08 Å². The van der Waals surface area contributed by atoms with E-state index >= 15 is 0 Å². The molecule has 33 heavy (non-hydrogen) atoms. The molecule has 0 aliphatic heterocycles. The van der Waals surface area contributed by atoms with Gasteiger partial charge in [0.1, 0.15) is 6.61 Å². The van der Waals surface area contributed by atoms with Crippen molar-refractivity contribution in [2.75, 3.05) is 13.2 Å². The van der Waals surface area contributed by atoms with Gasteiger partial charge in [-0.05, 0) is 98.7 Å². The van der Waals surface area contributed by atoms with Crippen molar-refractivity contribution in [1.29, 1.82) is 0 Å². The van der Waals surface area contributed by atoms with E-state index in [4.69, 9.17) is 9.47 Å². The zero-order chi connectivity index (χ0) is 22.6. The summed E-state index contributed by atoms with van der Waals surface area (Å²) >= 11 is 0. The maximum Gasteiger partial charge on any atom is 0.204 e. The van der Waals surface area contributed by atoms with Gasteiger partial charge in [0, 0.05) is 0 Å². The van der Waals surface area contributed by atoms with Crippen LogP contribution in [0.15, 0.2) is 23.8 Å². The topological polar surface area (TPSA) is 18.5 Å². The number of halogens is 2. The van der Waals surface area contributed by atoms with Crippen LogP contribution in [0.25, 0.3) is 0 Å². The first-order chi connectivity index (χ1) is 16.2. The van der Waals surface area contributed by atoms with E-state index < -0.39 is 11.6 Å². The Morgan fingerprint density at radius 3 is 1.94 bits per heavy atom. The molecule has 3 saturated carbocycles.